The average Bonchev–Trinajstić information content (AvgIpc) is 2.74. The van der Waals surface area contributed by atoms with Crippen LogP contribution in [0, 0.1) is 0 Å². The maximum absolute atomic E-state index is 11.8. The first-order valence-electron chi connectivity index (χ1n) is 5.52. The number of aromatic amines is 2. The summed E-state index contributed by atoms with van der Waals surface area (Å²) in [6, 6.07) is 6.35. The maximum Gasteiger partial charge on any atom is 0.340 e. The summed E-state index contributed by atoms with van der Waals surface area (Å²) in [5.41, 5.74) is 2.38. The van der Waals surface area contributed by atoms with Crippen molar-refractivity contribution in [3.8, 4) is 0 Å². The lowest BCUT2D eigenvalue weighted by Crippen LogP contribution is -2.02. The number of pyridine rings is 1. The number of esters is 1. The van der Waals surface area contributed by atoms with Crippen LogP contribution in [0.5, 0.6) is 0 Å². The highest BCUT2D eigenvalue weighted by atomic mass is 79.9. The molecule has 1 aromatic carbocycles. The first-order valence-corrected chi connectivity index (χ1v) is 6.32. The lowest BCUT2D eigenvalue weighted by molar-refractivity contribution is 0.0602. The van der Waals surface area contributed by atoms with Gasteiger partial charge in [0.05, 0.1) is 33.8 Å². The van der Waals surface area contributed by atoms with Gasteiger partial charge in [0.15, 0.2) is 5.43 Å². The Bertz CT molecular complexity index is 863. The van der Waals surface area contributed by atoms with Crippen LogP contribution in [0.3, 0.4) is 0 Å². The van der Waals surface area contributed by atoms with Crippen LogP contribution in [-0.4, -0.2) is 23.0 Å². The Balaban J connectivity index is 2.49. The molecule has 0 aliphatic heterocycles. The number of carbonyl (C=O) groups is 1. The second kappa shape index (κ2) is 4.24. The predicted octanol–water partition coefficient (Wildman–Crippen LogP) is 2.56. The van der Waals surface area contributed by atoms with Crippen molar-refractivity contribution in [1.82, 2.24) is 9.97 Å². The Kier molecular flexibility index (Phi) is 2.67. The number of rotatable bonds is 1. The van der Waals surface area contributed by atoms with Crippen LogP contribution < -0.4 is 5.43 Å². The summed E-state index contributed by atoms with van der Waals surface area (Å²) in [6.07, 6.45) is 0. The predicted molar refractivity (Wildman–Crippen MR) is 75.5 cm³/mol. The van der Waals surface area contributed by atoms with Gasteiger partial charge >= 0.3 is 5.97 Å². The molecule has 2 N–H and O–H groups in total. The third-order valence-corrected chi connectivity index (χ3v) is 3.39. The second-order valence-electron chi connectivity index (χ2n) is 4.10. The normalized spacial score (nSPS) is 11.1. The summed E-state index contributed by atoms with van der Waals surface area (Å²) in [7, 11) is 1.33. The van der Waals surface area contributed by atoms with Gasteiger partial charge < -0.3 is 14.7 Å². The van der Waals surface area contributed by atoms with Crippen LogP contribution >= 0.6 is 15.9 Å². The number of carbonyl (C=O) groups excluding carboxylic acids is 1. The Morgan fingerprint density at radius 1 is 1.21 bits per heavy atom. The fourth-order valence-electron chi connectivity index (χ4n) is 2.13. The number of nitrogens with one attached hydrogen (secondary N) is 2. The van der Waals surface area contributed by atoms with Crippen molar-refractivity contribution in [2.24, 2.45) is 0 Å². The summed E-state index contributed by atoms with van der Waals surface area (Å²) in [5.74, 6) is -0.436. The van der Waals surface area contributed by atoms with Gasteiger partial charge in [0.1, 0.15) is 0 Å². The van der Waals surface area contributed by atoms with E-state index in [9.17, 15) is 9.59 Å². The zero-order valence-electron chi connectivity index (χ0n) is 9.91. The van der Waals surface area contributed by atoms with Crippen LogP contribution in [0.1, 0.15) is 10.4 Å². The van der Waals surface area contributed by atoms with E-state index in [-0.39, 0.29) is 5.43 Å². The SMILES string of the molecule is COC(=O)c1cc(Br)[nH]c2c1[nH]c1cc(=O)ccc12. The van der Waals surface area contributed by atoms with E-state index in [4.69, 9.17) is 4.74 Å². The van der Waals surface area contributed by atoms with Crippen molar-refractivity contribution in [2.45, 2.75) is 0 Å². The highest BCUT2D eigenvalue weighted by Gasteiger charge is 2.16. The third-order valence-electron chi connectivity index (χ3n) is 2.96. The summed E-state index contributed by atoms with van der Waals surface area (Å²) < 4.78 is 5.42. The van der Waals surface area contributed by atoms with E-state index < -0.39 is 5.97 Å². The number of H-pyrrole nitrogens is 2. The summed E-state index contributed by atoms with van der Waals surface area (Å²) >= 11 is 3.33. The molecule has 0 spiro atoms. The van der Waals surface area contributed by atoms with Crippen molar-refractivity contribution >= 4 is 43.8 Å². The molecule has 0 bridgehead atoms. The van der Waals surface area contributed by atoms with Gasteiger partial charge in [-0.1, -0.05) is 0 Å². The van der Waals surface area contributed by atoms with Crippen molar-refractivity contribution in [3.63, 3.8) is 0 Å². The van der Waals surface area contributed by atoms with E-state index in [0.29, 0.717) is 21.2 Å². The Morgan fingerprint density at radius 2 is 2.00 bits per heavy atom. The van der Waals surface area contributed by atoms with Crippen molar-refractivity contribution in [3.05, 3.63) is 44.7 Å². The van der Waals surface area contributed by atoms with Gasteiger partial charge in [-0.3, -0.25) is 4.79 Å². The summed E-state index contributed by atoms with van der Waals surface area (Å²) in [4.78, 5) is 29.4. The van der Waals surface area contributed by atoms with E-state index in [1.807, 2.05) is 0 Å². The molecule has 19 heavy (non-hydrogen) atoms. The number of hydrogen-bond donors (Lipinski definition) is 2. The fraction of sp³-hybridized carbons (Fsp3) is 0.0769. The van der Waals surface area contributed by atoms with Crippen molar-refractivity contribution in [2.75, 3.05) is 7.11 Å². The van der Waals surface area contributed by atoms with Crippen LogP contribution in [0.2, 0.25) is 0 Å². The van der Waals surface area contributed by atoms with Crippen molar-refractivity contribution < 1.29 is 9.53 Å². The van der Waals surface area contributed by atoms with E-state index in [2.05, 4.69) is 25.9 Å². The lowest BCUT2D eigenvalue weighted by atomic mass is 10.2. The molecule has 0 aliphatic rings. The molecule has 5 nitrogen and oxygen atoms in total. The maximum atomic E-state index is 11.8. The van der Waals surface area contributed by atoms with Crippen LogP contribution in [-0.2, 0) is 4.74 Å². The Labute approximate surface area is 115 Å². The first kappa shape index (κ1) is 12.0. The number of benzene rings is 1. The zero-order valence-corrected chi connectivity index (χ0v) is 11.5. The first-order chi connectivity index (χ1) is 9.10. The Morgan fingerprint density at radius 3 is 2.74 bits per heavy atom. The second-order valence-corrected chi connectivity index (χ2v) is 4.96. The zero-order chi connectivity index (χ0) is 13.6. The largest absolute Gasteiger partial charge is 0.465 e. The van der Waals surface area contributed by atoms with E-state index in [1.54, 1.807) is 12.1 Å². The van der Waals surface area contributed by atoms with Crippen LogP contribution in [0.25, 0.3) is 21.9 Å². The summed E-state index contributed by atoms with van der Waals surface area (Å²) in [6.45, 7) is 0. The van der Waals surface area contributed by atoms with Gasteiger partial charge in [0.2, 0.25) is 0 Å². The molecule has 0 amide bonds. The number of hydrogen-bond acceptors (Lipinski definition) is 3. The molecule has 2 heterocycles. The molecule has 6 heteroatoms. The highest BCUT2D eigenvalue weighted by Crippen LogP contribution is 2.27. The molecule has 96 valence electrons. The lowest BCUT2D eigenvalue weighted by Gasteiger charge is -2.02. The molecular formula is C13H9BrN2O3. The van der Waals surface area contributed by atoms with E-state index >= 15 is 0 Å². The molecule has 3 rings (SSSR count). The number of methoxy groups -OCH3 is 1. The minimum absolute atomic E-state index is 0.0854. The summed E-state index contributed by atoms with van der Waals surface area (Å²) in [5, 5.41) is 0.848. The number of halogens is 1. The molecule has 2 aromatic heterocycles. The van der Waals surface area contributed by atoms with Gasteiger partial charge in [-0.25, -0.2) is 4.79 Å². The smallest absolute Gasteiger partial charge is 0.340 e. The molecule has 0 atom stereocenters. The Hall–Kier alpha value is -2.08. The minimum Gasteiger partial charge on any atom is -0.465 e. The topological polar surface area (TPSA) is 75.0 Å². The monoisotopic (exact) mass is 320 g/mol. The number of aromatic nitrogens is 2. The molecule has 3 aromatic rings. The molecule has 0 saturated heterocycles. The number of ether oxygens (including phenoxy) is 1. The van der Waals surface area contributed by atoms with E-state index in [1.165, 1.54) is 19.2 Å². The molecule has 0 aliphatic carbocycles. The number of fused-ring (bicyclic) bond motifs is 3. The molecule has 0 radical (unpaired) electrons. The van der Waals surface area contributed by atoms with E-state index in [0.717, 1.165) is 10.9 Å². The molecule has 0 fully saturated rings. The fourth-order valence-corrected chi connectivity index (χ4v) is 2.56. The van der Waals surface area contributed by atoms with Crippen LogP contribution in [0.4, 0.5) is 0 Å². The van der Waals surface area contributed by atoms with Crippen molar-refractivity contribution in [1.29, 1.82) is 0 Å². The third kappa shape index (κ3) is 1.84. The molecule has 0 saturated carbocycles. The molecular weight excluding hydrogens is 312 g/mol. The van der Waals surface area contributed by atoms with Gasteiger partial charge in [-0.2, -0.15) is 0 Å². The van der Waals surface area contributed by atoms with Gasteiger partial charge in [-0.05, 0) is 34.1 Å². The minimum atomic E-state index is -0.436. The quantitative estimate of drug-likeness (QED) is 0.534. The van der Waals surface area contributed by atoms with Gasteiger partial charge in [0, 0.05) is 11.5 Å². The molecule has 0 unspecified atom stereocenters. The van der Waals surface area contributed by atoms with Crippen LogP contribution in [0.15, 0.2) is 33.7 Å². The van der Waals surface area contributed by atoms with Gasteiger partial charge in [-0.15, -0.1) is 0 Å². The van der Waals surface area contributed by atoms with Gasteiger partial charge in [0.25, 0.3) is 0 Å². The average molecular weight is 321 g/mol. The standard InChI is InChI=1S/C13H9BrN2O3/c1-19-13(18)8-5-10(14)16-11-7-3-2-6(17)4-9(7)15-12(8)11/h2-5,15-16H,1H3. The highest BCUT2D eigenvalue weighted by molar-refractivity contribution is 9.10.